The van der Waals surface area contributed by atoms with Gasteiger partial charge in [0.25, 0.3) is 11.2 Å². The SMILES string of the molecule is CCOC(=O)C1=C(c2ccccc2)N=c2s/c(=C\c3ccc(-c4cccc([N+](=O)[O-])c4)o3)c(=O)n2[C@H]1c1ccc(F)cc1. The molecule has 9 nitrogen and oxygen atoms in total. The molecule has 2 aromatic heterocycles. The van der Waals surface area contributed by atoms with E-state index in [4.69, 9.17) is 14.1 Å². The highest BCUT2D eigenvalue weighted by molar-refractivity contribution is 7.07. The number of thiazole rings is 1. The molecule has 0 N–H and O–H groups in total. The van der Waals surface area contributed by atoms with E-state index in [2.05, 4.69) is 0 Å². The van der Waals surface area contributed by atoms with E-state index in [1.54, 1.807) is 37.3 Å². The minimum atomic E-state index is -0.940. The highest BCUT2D eigenvalue weighted by Gasteiger charge is 2.35. The number of benzene rings is 3. The second-order valence-electron chi connectivity index (χ2n) is 9.49. The Kier molecular flexibility index (Phi) is 7.39. The van der Waals surface area contributed by atoms with Crippen LogP contribution in [0.2, 0.25) is 0 Å². The van der Waals surface area contributed by atoms with Gasteiger partial charge in [-0.2, -0.15) is 0 Å². The van der Waals surface area contributed by atoms with E-state index in [9.17, 15) is 24.1 Å². The van der Waals surface area contributed by atoms with Gasteiger partial charge in [-0.25, -0.2) is 14.2 Å². The molecule has 0 saturated carbocycles. The first-order valence-electron chi connectivity index (χ1n) is 13.2. The molecule has 0 aliphatic carbocycles. The van der Waals surface area contributed by atoms with Crippen molar-refractivity contribution in [1.82, 2.24) is 4.57 Å². The van der Waals surface area contributed by atoms with Crippen molar-refractivity contribution in [2.24, 2.45) is 4.99 Å². The minimum absolute atomic E-state index is 0.0730. The normalized spacial score (nSPS) is 14.7. The monoisotopic (exact) mass is 595 g/mol. The zero-order valence-electron chi connectivity index (χ0n) is 22.6. The summed E-state index contributed by atoms with van der Waals surface area (Å²) in [5, 5.41) is 11.2. The largest absolute Gasteiger partial charge is 0.463 e. The summed E-state index contributed by atoms with van der Waals surface area (Å²) in [7, 11) is 0. The van der Waals surface area contributed by atoms with Gasteiger partial charge < -0.3 is 9.15 Å². The van der Waals surface area contributed by atoms with E-state index in [1.165, 1.54) is 41.0 Å². The van der Waals surface area contributed by atoms with Gasteiger partial charge in [0.15, 0.2) is 4.80 Å². The van der Waals surface area contributed by atoms with Gasteiger partial charge >= 0.3 is 5.97 Å². The molecule has 6 rings (SSSR count). The fourth-order valence-electron chi connectivity index (χ4n) is 4.89. The summed E-state index contributed by atoms with van der Waals surface area (Å²) in [4.78, 5) is 43.2. The Bertz CT molecular complexity index is 2080. The van der Waals surface area contributed by atoms with Crippen molar-refractivity contribution < 1.29 is 23.3 Å². The number of hydrogen-bond donors (Lipinski definition) is 0. The Hall–Kier alpha value is -5.42. The molecule has 1 aliphatic rings. The molecule has 0 radical (unpaired) electrons. The van der Waals surface area contributed by atoms with Gasteiger partial charge in [0.05, 0.1) is 33.4 Å². The second kappa shape index (κ2) is 11.5. The van der Waals surface area contributed by atoms with E-state index in [0.717, 1.165) is 11.3 Å². The van der Waals surface area contributed by atoms with Gasteiger partial charge in [0.1, 0.15) is 17.3 Å². The highest BCUT2D eigenvalue weighted by Crippen LogP contribution is 2.35. The van der Waals surface area contributed by atoms with Gasteiger partial charge in [-0.05, 0) is 36.8 Å². The second-order valence-corrected chi connectivity index (χ2v) is 10.5. The molecule has 214 valence electrons. The number of nitrogens with zero attached hydrogens (tertiary/aromatic N) is 3. The number of hydrogen-bond acceptors (Lipinski definition) is 8. The molecule has 3 aromatic carbocycles. The number of aromatic nitrogens is 1. The molecule has 0 unspecified atom stereocenters. The first-order chi connectivity index (χ1) is 20.8. The van der Waals surface area contributed by atoms with Crippen LogP contribution in [0.5, 0.6) is 0 Å². The van der Waals surface area contributed by atoms with Crippen LogP contribution in [0, 0.1) is 15.9 Å². The van der Waals surface area contributed by atoms with E-state index >= 15 is 0 Å². The molecule has 0 saturated heterocycles. The summed E-state index contributed by atoms with van der Waals surface area (Å²) in [6, 6.07) is 23.1. The summed E-state index contributed by atoms with van der Waals surface area (Å²) in [6.45, 7) is 1.80. The van der Waals surface area contributed by atoms with Crippen LogP contribution >= 0.6 is 11.3 Å². The van der Waals surface area contributed by atoms with Crippen molar-refractivity contribution in [3.63, 3.8) is 0 Å². The molecule has 11 heteroatoms. The first-order valence-corrected chi connectivity index (χ1v) is 14.0. The molecule has 0 fully saturated rings. The maximum atomic E-state index is 14.0. The van der Waals surface area contributed by atoms with Crippen LogP contribution in [-0.4, -0.2) is 22.1 Å². The Labute approximate surface area is 247 Å². The number of rotatable bonds is 7. The van der Waals surface area contributed by atoms with E-state index in [0.29, 0.717) is 38.7 Å². The number of furan rings is 1. The molecule has 0 spiro atoms. The summed E-state index contributed by atoms with van der Waals surface area (Å²) >= 11 is 1.11. The molecule has 3 heterocycles. The number of non-ortho nitro benzene ring substituents is 1. The smallest absolute Gasteiger partial charge is 0.338 e. The number of ether oxygens (including phenoxy) is 1. The summed E-state index contributed by atoms with van der Waals surface area (Å²) in [5.41, 5.74) is 1.68. The molecule has 5 aromatic rings. The summed E-state index contributed by atoms with van der Waals surface area (Å²) in [6.07, 6.45) is 1.56. The predicted molar refractivity (Wildman–Crippen MR) is 158 cm³/mol. The number of esters is 1. The maximum absolute atomic E-state index is 14.0. The van der Waals surface area contributed by atoms with Crippen molar-refractivity contribution in [2.75, 3.05) is 6.61 Å². The third kappa shape index (κ3) is 5.33. The number of fused-ring (bicyclic) bond motifs is 1. The lowest BCUT2D eigenvalue weighted by atomic mass is 9.93. The standard InChI is InChI=1S/C32H22FN3O6S/c1-2-41-31(38)27-28(19-7-4-3-5-8-19)34-32-35(29(27)20-11-13-22(33)14-12-20)30(37)26(43-32)18-24-15-16-25(42-24)21-9-6-10-23(17-21)36(39)40/h3-18,29H,2H2,1H3/b26-18-/t29-/m0/s1. The van der Waals surface area contributed by atoms with E-state index < -0.39 is 28.3 Å². The average molecular weight is 596 g/mol. The Morgan fingerprint density at radius 1 is 1.07 bits per heavy atom. The zero-order valence-corrected chi connectivity index (χ0v) is 23.4. The van der Waals surface area contributed by atoms with Crippen LogP contribution < -0.4 is 14.9 Å². The molecular weight excluding hydrogens is 573 g/mol. The van der Waals surface area contributed by atoms with Crippen LogP contribution in [0.4, 0.5) is 10.1 Å². The highest BCUT2D eigenvalue weighted by atomic mass is 32.1. The predicted octanol–water partition coefficient (Wildman–Crippen LogP) is 5.24. The lowest BCUT2D eigenvalue weighted by molar-refractivity contribution is -0.384. The molecule has 1 atom stereocenters. The van der Waals surface area contributed by atoms with Crippen molar-refractivity contribution in [3.8, 4) is 11.3 Å². The lowest BCUT2D eigenvalue weighted by Crippen LogP contribution is -2.40. The van der Waals surface area contributed by atoms with E-state index in [1.807, 2.05) is 30.3 Å². The topological polar surface area (TPSA) is 117 Å². The van der Waals surface area contributed by atoms with Crippen molar-refractivity contribution in [2.45, 2.75) is 13.0 Å². The van der Waals surface area contributed by atoms with Crippen LogP contribution in [-0.2, 0) is 9.53 Å². The molecule has 0 bridgehead atoms. The van der Waals surface area contributed by atoms with Crippen LogP contribution in [0.1, 0.15) is 29.9 Å². The summed E-state index contributed by atoms with van der Waals surface area (Å²) in [5.74, 6) is -0.360. The van der Waals surface area contributed by atoms with Crippen LogP contribution in [0.25, 0.3) is 23.1 Å². The number of nitro groups is 1. The van der Waals surface area contributed by atoms with Crippen molar-refractivity contribution in [3.05, 3.63) is 149 Å². The fraction of sp³-hybridized carbons (Fsp3) is 0.0938. The minimum Gasteiger partial charge on any atom is -0.463 e. The van der Waals surface area contributed by atoms with Crippen molar-refractivity contribution >= 4 is 34.8 Å². The Morgan fingerprint density at radius 2 is 1.81 bits per heavy atom. The van der Waals surface area contributed by atoms with Gasteiger partial charge in [-0.3, -0.25) is 19.5 Å². The van der Waals surface area contributed by atoms with Crippen molar-refractivity contribution in [1.29, 1.82) is 0 Å². The maximum Gasteiger partial charge on any atom is 0.338 e. The zero-order chi connectivity index (χ0) is 30.1. The van der Waals surface area contributed by atoms with Gasteiger partial charge in [0, 0.05) is 29.3 Å². The third-order valence-corrected chi connectivity index (χ3v) is 7.78. The van der Waals surface area contributed by atoms with Crippen LogP contribution in [0.15, 0.2) is 111 Å². The van der Waals surface area contributed by atoms with E-state index in [-0.39, 0.29) is 22.4 Å². The molecule has 1 aliphatic heterocycles. The number of halogens is 1. The number of carbonyl (C=O) groups is 1. The average Bonchev–Trinajstić information content (AvgIpc) is 3.61. The first kappa shape index (κ1) is 27.7. The molecular formula is C32H22FN3O6S. The van der Waals surface area contributed by atoms with Gasteiger partial charge in [-0.1, -0.05) is 65.9 Å². The number of carbonyl (C=O) groups excluding carboxylic acids is 1. The number of nitro benzene ring substituents is 1. The van der Waals surface area contributed by atoms with Gasteiger partial charge in [-0.15, -0.1) is 0 Å². The fourth-order valence-corrected chi connectivity index (χ4v) is 5.87. The summed E-state index contributed by atoms with van der Waals surface area (Å²) < 4.78 is 27.0. The molecule has 0 amide bonds. The molecule has 43 heavy (non-hydrogen) atoms. The Balaban J connectivity index is 1.54. The quantitative estimate of drug-likeness (QED) is 0.144. The third-order valence-electron chi connectivity index (χ3n) is 6.80. The lowest BCUT2D eigenvalue weighted by Gasteiger charge is -2.25. The Morgan fingerprint density at radius 3 is 2.53 bits per heavy atom. The van der Waals surface area contributed by atoms with Gasteiger partial charge in [0.2, 0.25) is 0 Å². The van der Waals surface area contributed by atoms with Crippen LogP contribution in [0.3, 0.4) is 0 Å².